The summed E-state index contributed by atoms with van der Waals surface area (Å²) < 4.78 is 0. The van der Waals surface area contributed by atoms with Gasteiger partial charge in [0.2, 0.25) is 0 Å². The maximum atomic E-state index is 10.4. The van der Waals surface area contributed by atoms with Gasteiger partial charge in [-0.1, -0.05) is 6.42 Å². The van der Waals surface area contributed by atoms with Gasteiger partial charge in [0.15, 0.2) is 0 Å². The Hall–Kier alpha value is -0.650. The fraction of sp³-hybridized carbons (Fsp3) is 0.900. The van der Waals surface area contributed by atoms with Crippen LogP contribution in [0.1, 0.15) is 32.1 Å². The SMILES string of the molecule is NCCCCCNCCC[C@H](N)C(=O)O. The molecule has 0 unspecified atom stereocenters. The van der Waals surface area contributed by atoms with Crippen molar-refractivity contribution in [3.05, 3.63) is 0 Å². The molecule has 0 fully saturated rings. The molecule has 0 bridgehead atoms. The lowest BCUT2D eigenvalue weighted by Gasteiger charge is -2.07. The molecule has 15 heavy (non-hydrogen) atoms. The van der Waals surface area contributed by atoms with Crippen LogP contribution in [0.4, 0.5) is 0 Å². The smallest absolute Gasteiger partial charge is 0.320 e. The van der Waals surface area contributed by atoms with Crippen LogP contribution in [-0.4, -0.2) is 36.8 Å². The highest BCUT2D eigenvalue weighted by molar-refractivity contribution is 5.72. The molecule has 0 rings (SSSR count). The molecule has 0 aromatic heterocycles. The lowest BCUT2D eigenvalue weighted by molar-refractivity contribution is -0.138. The van der Waals surface area contributed by atoms with Gasteiger partial charge in [0.25, 0.3) is 0 Å². The minimum Gasteiger partial charge on any atom is -0.480 e. The monoisotopic (exact) mass is 217 g/mol. The van der Waals surface area contributed by atoms with Gasteiger partial charge in [0, 0.05) is 0 Å². The van der Waals surface area contributed by atoms with Crippen molar-refractivity contribution < 1.29 is 9.90 Å². The highest BCUT2D eigenvalue weighted by Gasteiger charge is 2.09. The van der Waals surface area contributed by atoms with Gasteiger partial charge in [0.1, 0.15) is 6.04 Å². The number of hydrogen-bond donors (Lipinski definition) is 4. The zero-order chi connectivity index (χ0) is 11.5. The van der Waals surface area contributed by atoms with E-state index in [4.69, 9.17) is 16.6 Å². The quantitative estimate of drug-likeness (QED) is 0.383. The molecule has 0 aliphatic rings. The number of nitrogens with one attached hydrogen (secondary N) is 1. The van der Waals surface area contributed by atoms with Crippen LogP contribution < -0.4 is 16.8 Å². The molecular formula is C10H23N3O2. The lowest BCUT2D eigenvalue weighted by Crippen LogP contribution is -2.31. The number of nitrogens with two attached hydrogens (primary N) is 2. The van der Waals surface area contributed by atoms with Crippen molar-refractivity contribution in [2.45, 2.75) is 38.1 Å². The molecule has 0 aliphatic carbocycles. The number of carboxylic acid groups (broad SMARTS) is 1. The molecule has 0 aromatic rings. The number of aliphatic carboxylic acids is 1. The molecule has 5 nitrogen and oxygen atoms in total. The number of rotatable bonds is 10. The first-order valence-electron chi connectivity index (χ1n) is 5.57. The molecule has 0 radical (unpaired) electrons. The normalized spacial score (nSPS) is 12.7. The summed E-state index contributed by atoms with van der Waals surface area (Å²) in [5.41, 5.74) is 10.7. The van der Waals surface area contributed by atoms with Crippen LogP contribution in [0, 0.1) is 0 Å². The van der Waals surface area contributed by atoms with Crippen molar-refractivity contribution in [3.8, 4) is 0 Å². The Morgan fingerprint density at radius 2 is 1.87 bits per heavy atom. The van der Waals surface area contributed by atoms with E-state index in [2.05, 4.69) is 5.32 Å². The van der Waals surface area contributed by atoms with E-state index in [1.54, 1.807) is 0 Å². The van der Waals surface area contributed by atoms with Gasteiger partial charge in [-0.2, -0.15) is 0 Å². The van der Waals surface area contributed by atoms with Gasteiger partial charge in [-0.05, 0) is 45.3 Å². The van der Waals surface area contributed by atoms with Crippen molar-refractivity contribution >= 4 is 5.97 Å². The highest BCUT2D eigenvalue weighted by atomic mass is 16.4. The Balaban J connectivity index is 3.08. The van der Waals surface area contributed by atoms with Crippen LogP contribution in [0.15, 0.2) is 0 Å². The van der Waals surface area contributed by atoms with Crippen molar-refractivity contribution in [2.75, 3.05) is 19.6 Å². The van der Waals surface area contributed by atoms with Crippen LogP contribution in [0.5, 0.6) is 0 Å². The summed E-state index contributed by atoms with van der Waals surface area (Å²) >= 11 is 0. The van der Waals surface area contributed by atoms with E-state index in [9.17, 15) is 4.79 Å². The molecule has 0 heterocycles. The van der Waals surface area contributed by atoms with E-state index >= 15 is 0 Å². The van der Waals surface area contributed by atoms with E-state index in [1.165, 1.54) is 0 Å². The summed E-state index contributed by atoms with van der Waals surface area (Å²) in [7, 11) is 0. The van der Waals surface area contributed by atoms with E-state index in [0.29, 0.717) is 6.42 Å². The molecule has 0 saturated carbocycles. The number of unbranched alkanes of at least 4 members (excludes halogenated alkanes) is 2. The van der Waals surface area contributed by atoms with Gasteiger partial charge >= 0.3 is 5.97 Å². The molecule has 5 heteroatoms. The fourth-order valence-corrected chi connectivity index (χ4v) is 1.27. The summed E-state index contributed by atoms with van der Waals surface area (Å²) in [5, 5.41) is 11.8. The predicted molar refractivity (Wildman–Crippen MR) is 60.6 cm³/mol. The summed E-state index contributed by atoms with van der Waals surface area (Å²) in [6.45, 7) is 2.57. The second-order valence-electron chi connectivity index (χ2n) is 3.69. The molecule has 0 amide bonds. The number of carbonyl (C=O) groups is 1. The van der Waals surface area contributed by atoms with Crippen LogP contribution in [0.2, 0.25) is 0 Å². The Labute approximate surface area is 91.2 Å². The first kappa shape index (κ1) is 14.3. The number of carboxylic acids is 1. The first-order valence-corrected chi connectivity index (χ1v) is 5.57. The third-order valence-electron chi connectivity index (χ3n) is 2.24. The topological polar surface area (TPSA) is 101 Å². The van der Waals surface area contributed by atoms with Crippen molar-refractivity contribution in [1.82, 2.24) is 5.32 Å². The Morgan fingerprint density at radius 1 is 1.20 bits per heavy atom. The van der Waals surface area contributed by atoms with E-state index in [-0.39, 0.29) is 0 Å². The average Bonchev–Trinajstić information content (AvgIpc) is 2.21. The highest BCUT2D eigenvalue weighted by Crippen LogP contribution is 1.94. The number of hydrogen-bond acceptors (Lipinski definition) is 4. The molecule has 0 spiro atoms. The van der Waals surface area contributed by atoms with Gasteiger partial charge in [-0.3, -0.25) is 4.79 Å². The molecule has 1 atom stereocenters. The zero-order valence-corrected chi connectivity index (χ0v) is 9.24. The van der Waals surface area contributed by atoms with Gasteiger partial charge in [-0.25, -0.2) is 0 Å². The van der Waals surface area contributed by atoms with Crippen LogP contribution in [0.25, 0.3) is 0 Å². The first-order chi connectivity index (χ1) is 7.18. The average molecular weight is 217 g/mol. The van der Waals surface area contributed by atoms with Crippen LogP contribution in [-0.2, 0) is 4.79 Å². The predicted octanol–water partition coefficient (Wildman–Crippen LogP) is -0.103. The van der Waals surface area contributed by atoms with E-state index in [0.717, 1.165) is 45.3 Å². The maximum absolute atomic E-state index is 10.4. The molecule has 90 valence electrons. The molecule has 0 aromatic carbocycles. The minimum atomic E-state index is -0.919. The van der Waals surface area contributed by atoms with Crippen molar-refractivity contribution in [1.29, 1.82) is 0 Å². The van der Waals surface area contributed by atoms with Crippen molar-refractivity contribution in [2.24, 2.45) is 11.5 Å². The summed E-state index contributed by atoms with van der Waals surface area (Å²) in [6.07, 6.45) is 4.70. The summed E-state index contributed by atoms with van der Waals surface area (Å²) in [5.74, 6) is -0.919. The van der Waals surface area contributed by atoms with Crippen LogP contribution >= 0.6 is 0 Å². The third kappa shape index (κ3) is 9.65. The molecule has 0 aliphatic heterocycles. The van der Waals surface area contributed by atoms with Gasteiger partial charge in [-0.15, -0.1) is 0 Å². The zero-order valence-electron chi connectivity index (χ0n) is 9.24. The Kier molecular flexibility index (Phi) is 9.46. The molecular weight excluding hydrogens is 194 g/mol. The molecule has 6 N–H and O–H groups in total. The summed E-state index contributed by atoms with van der Waals surface area (Å²) in [4.78, 5) is 10.4. The van der Waals surface area contributed by atoms with Crippen molar-refractivity contribution in [3.63, 3.8) is 0 Å². The maximum Gasteiger partial charge on any atom is 0.320 e. The summed E-state index contributed by atoms with van der Waals surface area (Å²) in [6, 6.07) is -0.718. The van der Waals surface area contributed by atoms with E-state index in [1.807, 2.05) is 0 Å². The second kappa shape index (κ2) is 9.89. The molecule has 0 saturated heterocycles. The standard InChI is InChI=1S/C10H23N3O2/c11-6-2-1-3-7-13-8-4-5-9(12)10(14)15/h9,13H,1-8,11-12H2,(H,14,15)/t9-/m0/s1. The van der Waals surface area contributed by atoms with Gasteiger partial charge < -0.3 is 21.9 Å². The fourth-order valence-electron chi connectivity index (χ4n) is 1.27. The minimum absolute atomic E-state index is 0.533. The Morgan fingerprint density at radius 3 is 2.47 bits per heavy atom. The third-order valence-corrected chi connectivity index (χ3v) is 2.24. The Bertz CT molecular complexity index is 165. The second-order valence-corrected chi connectivity index (χ2v) is 3.69. The van der Waals surface area contributed by atoms with Crippen LogP contribution in [0.3, 0.4) is 0 Å². The van der Waals surface area contributed by atoms with Gasteiger partial charge in [0.05, 0.1) is 0 Å². The lowest BCUT2D eigenvalue weighted by atomic mass is 10.1. The largest absolute Gasteiger partial charge is 0.480 e. The van der Waals surface area contributed by atoms with E-state index < -0.39 is 12.0 Å².